The fraction of sp³-hybridized carbons (Fsp3) is 0.500. The summed E-state index contributed by atoms with van der Waals surface area (Å²) in [6.45, 7) is 3.03. The molecule has 0 saturated carbocycles. The van der Waals surface area contributed by atoms with Gasteiger partial charge in [-0.15, -0.1) is 0 Å². The zero-order chi connectivity index (χ0) is 14.3. The van der Waals surface area contributed by atoms with Gasteiger partial charge in [-0.05, 0) is 26.2 Å². The van der Waals surface area contributed by atoms with Crippen LogP contribution < -0.4 is 4.90 Å². The predicted molar refractivity (Wildman–Crippen MR) is 76.1 cm³/mol. The summed E-state index contributed by atoms with van der Waals surface area (Å²) in [5, 5.41) is 14.5. The number of anilines is 1. The van der Waals surface area contributed by atoms with Crippen molar-refractivity contribution < 1.29 is 9.90 Å². The molecule has 1 fully saturated rings. The van der Waals surface area contributed by atoms with Crippen molar-refractivity contribution in [2.45, 2.75) is 32.2 Å². The zero-order valence-electron chi connectivity index (χ0n) is 11.7. The van der Waals surface area contributed by atoms with Crippen LogP contribution in [0, 0.1) is 0 Å². The molecule has 6 nitrogen and oxygen atoms in total. The van der Waals surface area contributed by atoms with Crippen molar-refractivity contribution in [2.75, 3.05) is 11.4 Å². The number of fused-ring (bicyclic) bond motifs is 1. The normalized spacial score (nSPS) is 19.5. The van der Waals surface area contributed by atoms with Crippen molar-refractivity contribution in [3.8, 4) is 0 Å². The molecule has 20 heavy (non-hydrogen) atoms. The van der Waals surface area contributed by atoms with Gasteiger partial charge in [0.1, 0.15) is 5.56 Å². The number of hydrogen-bond acceptors (Lipinski definition) is 4. The number of carboxylic acids is 1. The third-order valence-electron chi connectivity index (χ3n) is 4.05. The molecule has 106 valence electrons. The first-order valence-electron chi connectivity index (χ1n) is 6.90. The lowest BCUT2D eigenvalue weighted by Crippen LogP contribution is -2.38. The maximum atomic E-state index is 11.5. The lowest BCUT2D eigenvalue weighted by atomic mass is 10.0. The second-order valence-corrected chi connectivity index (χ2v) is 5.37. The van der Waals surface area contributed by atoms with Gasteiger partial charge in [-0.2, -0.15) is 5.10 Å². The molecule has 1 N–H and O–H groups in total. The minimum atomic E-state index is -0.934. The van der Waals surface area contributed by atoms with Crippen molar-refractivity contribution in [1.29, 1.82) is 0 Å². The Bertz CT molecular complexity index is 664. The molecule has 1 unspecified atom stereocenters. The molecule has 3 rings (SSSR count). The van der Waals surface area contributed by atoms with Gasteiger partial charge in [0.15, 0.2) is 5.65 Å². The van der Waals surface area contributed by atoms with Gasteiger partial charge in [0.05, 0.1) is 17.3 Å². The van der Waals surface area contributed by atoms with Gasteiger partial charge in [0.25, 0.3) is 0 Å². The third-order valence-corrected chi connectivity index (χ3v) is 4.05. The highest BCUT2D eigenvalue weighted by molar-refractivity contribution is 6.03. The molecule has 3 heterocycles. The second kappa shape index (κ2) is 4.77. The Balaban J connectivity index is 2.24. The summed E-state index contributed by atoms with van der Waals surface area (Å²) in [5.74, 6) is -0.934. The first-order chi connectivity index (χ1) is 9.59. The largest absolute Gasteiger partial charge is 0.478 e. The quantitative estimate of drug-likeness (QED) is 0.907. The van der Waals surface area contributed by atoms with Crippen LogP contribution in [0.25, 0.3) is 11.0 Å². The third kappa shape index (κ3) is 1.92. The van der Waals surface area contributed by atoms with Crippen molar-refractivity contribution in [3.05, 3.63) is 18.0 Å². The molecular formula is C14H18N4O2. The summed E-state index contributed by atoms with van der Waals surface area (Å²) in [6.07, 6.45) is 6.53. The summed E-state index contributed by atoms with van der Waals surface area (Å²) < 4.78 is 1.68. The van der Waals surface area contributed by atoms with E-state index in [1.54, 1.807) is 10.9 Å². The standard InChI is InChI=1S/C14H18N4O2/c1-9-5-3-4-6-18(9)12-10-8-16-17(2)13(10)15-7-11(12)14(19)20/h7-9H,3-6H2,1-2H3,(H,19,20). The Hall–Kier alpha value is -2.11. The number of rotatable bonds is 2. The number of carboxylic acid groups (broad SMARTS) is 1. The van der Waals surface area contributed by atoms with Gasteiger partial charge < -0.3 is 10.0 Å². The molecule has 2 aromatic heterocycles. The van der Waals surface area contributed by atoms with Gasteiger partial charge in [-0.1, -0.05) is 0 Å². The molecule has 0 spiro atoms. The first kappa shape index (κ1) is 12.9. The molecule has 2 aromatic rings. The number of pyridine rings is 1. The van der Waals surface area contributed by atoms with E-state index in [2.05, 4.69) is 21.9 Å². The molecule has 1 saturated heterocycles. The van der Waals surface area contributed by atoms with E-state index in [0.717, 1.165) is 36.1 Å². The molecular weight excluding hydrogens is 256 g/mol. The SMILES string of the molecule is CC1CCCCN1c1c(C(=O)O)cnc2c1cnn2C. The summed E-state index contributed by atoms with van der Waals surface area (Å²) >= 11 is 0. The summed E-state index contributed by atoms with van der Waals surface area (Å²) in [6, 6.07) is 0.340. The van der Waals surface area contributed by atoms with E-state index < -0.39 is 5.97 Å². The van der Waals surface area contributed by atoms with Gasteiger partial charge in [0, 0.05) is 25.8 Å². The smallest absolute Gasteiger partial charge is 0.339 e. The van der Waals surface area contributed by atoms with Crippen LogP contribution in [-0.4, -0.2) is 38.4 Å². The van der Waals surface area contributed by atoms with Crippen molar-refractivity contribution in [1.82, 2.24) is 14.8 Å². The summed E-state index contributed by atoms with van der Waals surface area (Å²) in [4.78, 5) is 18.0. The van der Waals surface area contributed by atoms with E-state index in [0.29, 0.717) is 6.04 Å². The van der Waals surface area contributed by atoms with Gasteiger partial charge >= 0.3 is 5.97 Å². The van der Waals surface area contributed by atoms with Crippen LogP contribution in [0.3, 0.4) is 0 Å². The fourth-order valence-electron chi connectivity index (χ4n) is 2.98. The zero-order valence-corrected chi connectivity index (χ0v) is 11.7. The molecule has 1 atom stereocenters. The monoisotopic (exact) mass is 274 g/mol. The van der Waals surface area contributed by atoms with Crippen LogP contribution in [0.2, 0.25) is 0 Å². The lowest BCUT2D eigenvalue weighted by Gasteiger charge is -2.36. The summed E-state index contributed by atoms with van der Waals surface area (Å²) in [5.41, 5.74) is 1.75. The Labute approximate surface area is 117 Å². The van der Waals surface area contributed by atoms with E-state index in [4.69, 9.17) is 0 Å². The Morgan fingerprint density at radius 3 is 2.90 bits per heavy atom. The summed E-state index contributed by atoms with van der Waals surface area (Å²) in [7, 11) is 1.82. The highest BCUT2D eigenvalue weighted by Crippen LogP contribution is 2.33. The van der Waals surface area contributed by atoms with Gasteiger partial charge in [0.2, 0.25) is 0 Å². The Morgan fingerprint density at radius 1 is 1.40 bits per heavy atom. The maximum absolute atomic E-state index is 11.5. The molecule has 0 radical (unpaired) electrons. The highest BCUT2D eigenvalue weighted by Gasteiger charge is 2.26. The van der Waals surface area contributed by atoms with E-state index in [1.807, 2.05) is 7.05 Å². The van der Waals surface area contributed by atoms with E-state index >= 15 is 0 Å². The van der Waals surface area contributed by atoms with E-state index in [9.17, 15) is 9.90 Å². The second-order valence-electron chi connectivity index (χ2n) is 5.37. The number of carbonyl (C=O) groups is 1. The number of hydrogen-bond donors (Lipinski definition) is 1. The van der Waals surface area contributed by atoms with Crippen LogP contribution in [0.5, 0.6) is 0 Å². The Morgan fingerprint density at radius 2 is 2.20 bits per heavy atom. The average molecular weight is 274 g/mol. The van der Waals surface area contributed by atoms with Gasteiger partial charge in [-0.25, -0.2) is 9.78 Å². The average Bonchev–Trinajstić information content (AvgIpc) is 2.80. The van der Waals surface area contributed by atoms with Crippen LogP contribution >= 0.6 is 0 Å². The first-order valence-corrected chi connectivity index (χ1v) is 6.90. The van der Waals surface area contributed by atoms with Gasteiger partial charge in [-0.3, -0.25) is 4.68 Å². The van der Waals surface area contributed by atoms with Crippen molar-refractivity contribution in [3.63, 3.8) is 0 Å². The van der Waals surface area contributed by atoms with Crippen LogP contribution in [0.1, 0.15) is 36.5 Å². The Kier molecular flexibility index (Phi) is 3.08. The van der Waals surface area contributed by atoms with Crippen molar-refractivity contribution >= 4 is 22.7 Å². The highest BCUT2D eigenvalue weighted by atomic mass is 16.4. The number of aryl methyl sites for hydroxylation is 1. The van der Waals surface area contributed by atoms with Crippen LogP contribution in [0.15, 0.2) is 12.4 Å². The number of piperidine rings is 1. The molecule has 1 aliphatic heterocycles. The fourth-order valence-corrected chi connectivity index (χ4v) is 2.98. The number of aromatic carboxylic acids is 1. The van der Waals surface area contributed by atoms with Crippen LogP contribution in [0.4, 0.5) is 5.69 Å². The number of nitrogens with zero attached hydrogens (tertiary/aromatic N) is 4. The molecule has 0 amide bonds. The van der Waals surface area contributed by atoms with Crippen LogP contribution in [-0.2, 0) is 7.05 Å². The molecule has 0 aliphatic carbocycles. The van der Waals surface area contributed by atoms with Crippen molar-refractivity contribution in [2.24, 2.45) is 7.05 Å². The predicted octanol–water partition coefficient (Wildman–Crippen LogP) is 2.05. The molecule has 0 aromatic carbocycles. The molecule has 6 heteroatoms. The number of aromatic nitrogens is 3. The molecule has 0 bridgehead atoms. The minimum absolute atomic E-state index is 0.263. The molecule has 1 aliphatic rings. The minimum Gasteiger partial charge on any atom is -0.478 e. The van der Waals surface area contributed by atoms with E-state index in [-0.39, 0.29) is 5.56 Å². The van der Waals surface area contributed by atoms with E-state index in [1.165, 1.54) is 12.6 Å². The maximum Gasteiger partial charge on any atom is 0.339 e. The topological polar surface area (TPSA) is 71.2 Å². The lowest BCUT2D eigenvalue weighted by molar-refractivity contribution is 0.0697.